The summed E-state index contributed by atoms with van der Waals surface area (Å²) in [6.07, 6.45) is 1.70. The lowest BCUT2D eigenvalue weighted by Crippen LogP contribution is -2.28. The second-order valence-corrected chi connectivity index (χ2v) is 5.03. The van der Waals surface area contributed by atoms with E-state index in [1.54, 1.807) is 0 Å². The molecule has 0 radical (unpaired) electrons. The molecule has 3 N–H and O–H groups in total. The molecule has 118 valence electrons. The molecule has 0 atom stereocenters. The highest BCUT2D eigenvalue weighted by atomic mass is 127. The van der Waals surface area contributed by atoms with Gasteiger partial charge in [0.15, 0.2) is 11.7 Å². The maximum atomic E-state index is 5.88. The van der Waals surface area contributed by atoms with Crippen molar-refractivity contribution in [2.24, 2.45) is 10.7 Å². The highest BCUT2D eigenvalue weighted by molar-refractivity contribution is 14.0. The maximum Gasteiger partial charge on any atom is 0.193 e. The van der Waals surface area contributed by atoms with Crippen LogP contribution in [0.1, 0.15) is 25.8 Å². The van der Waals surface area contributed by atoms with Gasteiger partial charge in [-0.2, -0.15) is 0 Å². The average Bonchev–Trinajstić information content (AvgIpc) is 2.86. The van der Waals surface area contributed by atoms with Gasteiger partial charge in [0.05, 0.1) is 13.2 Å². The Hall–Kier alpha value is -0.860. The van der Waals surface area contributed by atoms with Gasteiger partial charge in [-0.25, -0.2) is 0 Å². The summed E-state index contributed by atoms with van der Waals surface area (Å²) < 4.78 is 11.0. The van der Waals surface area contributed by atoms with Crippen LogP contribution in [0.3, 0.4) is 0 Å². The van der Waals surface area contributed by atoms with Crippen molar-refractivity contribution in [1.29, 1.82) is 0 Å². The molecule has 6 heteroatoms. The van der Waals surface area contributed by atoms with E-state index in [2.05, 4.69) is 29.4 Å². The number of aliphatic imine (C=N–C) groups is 1. The number of rotatable bonds is 5. The number of hydrogen-bond donors (Lipinski definition) is 2. The number of benzene rings is 1. The molecule has 5 nitrogen and oxygen atoms in total. The van der Waals surface area contributed by atoms with Crippen molar-refractivity contribution >= 4 is 35.6 Å². The lowest BCUT2D eigenvalue weighted by atomic mass is 10.1. The van der Waals surface area contributed by atoms with Gasteiger partial charge in [-0.1, -0.05) is 19.1 Å². The number of nitrogens with one attached hydrogen (secondary N) is 1. The van der Waals surface area contributed by atoms with Crippen molar-refractivity contribution < 1.29 is 9.47 Å². The van der Waals surface area contributed by atoms with Crippen LogP contribution >= 0.6 is 24.0 Å². The zero-order chi connectivity index (χ0) is 14.4. The van der Waals surface area contributed by atoms with Gasteiger partial charge in [-0.3, -0.25) is 4.99 Å². The summed E-state index contributed by atoms with van der Waals surface area (Å²) in [5, 5.41) is 3.10. The van der Waals surface area contributed by atoms with Crippen molar-refractivity contribution in [3.63, 3.8) is 0 Å². The van der Waals surface area contributed by atoms with E-state index < -0.39 is 5.79 Å². The molecule has 0 spiro atoms. The fourth-order valence-electron chi connectivity index (χ4n) is 2.14. The van der Waals surface area contributed by atoms with Crippen LogP contribution in [0.15, 0.2) is 29.3 Å². The topological polar surface area (TPSA) is 68.9 Å². The lowest BCUT2D eigenvalue weighted by molar-refractivity contribution is -0.144. The Morgan fingerprint density at radius 2 is 2.10 bits per heavy atom. The van der Waals surface area contributed by atoms with Gasteiger partial charge in [0.25, 0.3) is 0 Å². The number of nitrogens with zero attached hydrogens (tertiary/aromatic N) is 1. The molecule has 1 fully saturated rings. The Morgan fingerprint density at radius 1 is 1.38 bits per heavy atom. The smallest absolute Gasteiger partial charge is 0.193 e. The Kier molecular flexibility index (Phi) is 7.41. The van der Waals surface area contributed by atoms with Crippen LogP contribution < -0.4 is 11.1 Å². The van der Waals surface area contributed by atoms with E-state index in [0.29, 0.717) is 32.1 Å². The molecule has 1 saturated heterocycles. The molecule has 0 unspecified atom stereocenters. The monoisotopic (exact) mass is 405 g/mol. The number of hydrogen-bond acceptors (Lipinski definition) is 3. The molecule has 2 rings (SSSR count). The first-order valence-electron chi connectivity index (χ1n) is 7.05. The van der Waals surface area contributed by atoms with E-state index in [1.165, 1.54) is 5.56 Å². The number of aryl methyl sites for hydroxylation is 1. The van der Waals surface area contributed by atoms with E-state index in [9.17, 15) is 0 Å². The van der Waals surface area contributed by atoms with Crippen LogP contribution in [0.25, 0.3) is 0 Å². The number of nitrogens with two attached hydrogens (primary N) is 1. The Morgan fingerprint density at radius 3 is 2.76 bits per heavy atom. The van der Waals surface area contributed by atoms with Gasteiger partial charge in [0.1, 0.15) is 0 Å². The summed E-state index contributed by atoms with van der Waals surface area (Å²) in [5.74, 6) is -0.0915. The molecule has 1 aromatic carbocycles. The fourth-order valence-corrected chi connectivity index (χ4v) is 2.14. The molecule has 1 aliphatic rings. The molecule has 0 saturated carbocycles. The molecule has 21 heavy (non-hydrogen) atoms. The third kappa shape index (κ3) is 5.80. The van der Waals surface area contributed by atoms with Crippen LogP contribution in [0.5, 0.6) is 0 Å². The fraction of sp³-hybridized carbons (Fsp3) is 0.533. The molecule has 1 heterocycles. The minimum atomic E-state index is -0.508. The molecule has 0 amide bonds. The average molecular weight is 405 g/mol. The summed E-state index contributed by atoms with van der Waals surface area (Å²) in [6, 6.07) is 8.16. The molecule has 0 aromatic heterocycles. The summed E-state index contributed by atoms with van der Waals surface area (Å²) in [6.45, 7) is 5.93. The van der Waals surface area contributed by atoms with Gasteiger partial charge in [0.2, 0.25) is 0 Å². The van der Waals surface area contributed by atoms with Crippen LogP contribution in [-0.2, 0) is 15.9 Å². The Labute approximate surface area is 143 Å². The van der Waals surface area contributed by atoms with Gasteiger partial charge in [-0.05, 0) is 31.0 Å². The number of anilines is 1. The zero-order valence-corrected chi connectivity index (χ0v) is 14.9. The molecular weight excluding hydrogens is 381 g/mol. The lowest BCUT2D eigenvalue weighted by Gasteiger charge is -2.20. The minimum Gasteiger partial charge on any atom is -0.370 e. The third-order valence-corrected chi connectivity index (χ3v) is 3.35. The van der Waals surface area contributed by atoms with Crippen molar-refractivity contribution in [3.8, 4) is 0 Å². The predicted molar refractivity (Wildman–Crippen MR) is 96.3 cm³/mol. The highest BCUT2D eigenvalue weighted by Crippen LogP contribution is 2.22. The van der Waals surface area contributed by atoms with Gasteiger partial charge in [-0.15, -0.1) is 24.0 Å². The van der Waals surface area contributed by atoms with Crippen LogP contribution in [-0.4, -0.2) is 31.5 Å². The molecular formula is C15H24IN3O2. The van der Waals surface area contributed by atoms with Crippen molar-refractivity contribution in [2.45, 2.75) is 32.5 Å². The Bertz CT molecular complexity index is 474. The van der Waals surface area contributed by atoms with E-state index in [4.69, 9.17) is 15.2 Å². The number of guanidine groups is 1. The van der Waals surface area contributed by atoms with Gasteiger partial charge < -0.3 is 20.5 Å². The first-order valence-corrected chi connectivity index (χ1v) is 7.05. The van der Waals surface area contributed by atoms with Crippen LogP contribution in [0.2, 0.25) is 0 Å². The normalized spacial score (nSPS) is 17.3. The molecule has 0 aliphatic carbocycles. The highest BCUT2D eigenvalue weighted by Gasteiger charge is 2.30. The SMILES string of the molecule is CCc1cccc(NC(N)=NCCC2(C)OCCO2)c1.I. The second-order valence-electron chi connectivity index (χ2n) is 5.03. The van der Waals surface area contributed by atoms with Crippen molar-refractivity contribution in [3.05, 3.63) is 29.8 Å². The largest absolute Gasteiger partial charge is 0.370 e. The van der Waals surface area contributed by atoms with E-state index in [-0.39, 0.29) is 24.0 Å². The summed E-state index contributed by atoms with van der Waals surface area (Å²) in [7, 11) is 0. The number of ether oxygens (including phenoxy) is 2. The maximum absolute atomic E-state index is 5.88. The predicted octanol–water partition coefficient (Wildman–Crippen LogP) is 2.75. The van der Waals surface area contributed by atoms with Crippen molar-refractivity contribution in [2.75, 3.05) is 25.1 Å². The summed E-state index contributed by atoms with van der Waals surface area (Å²) >= 11 is 0. The van der Waals surface area contributed by atoms with Gasteiger partial charge >= 0.3 is 0 Å². The standard InChI is InChI=1S/C15H23N3O2.HI/c1-3-12-5-4-6-13(11-12)18-14(16)17-8-7-15(2)19-9-10-20-15;/h4-6,11H,3,7-10H2,1-2H3,(H3,16,17,18);1H. The first kappa shape index (κ1) is 18.2. The van der Waals surface area contributed by atoms with Gasteiger partial charge in [0, 0.05) is 18.7 Å². The summed E-state index contributed by atoms with van der Waals surface area (Å²) in [5.41, 5.74) is 8.11. The third-order valence-electron chi connectivity index (χ3n) is 3.35. The number of halogens is 1. The van der Waals surface area contributed by atoms with Crippen LogP contribution in [0, 0.1) is 0 Å². The second kappa shape index (κ2) is 8.55. The minimum absolute atomic E-state index is 0. The molecule has 1 aromatic rings. The molecule has 0 bridgehead atoms. The van der Waals surface area contributed by atoms with Crippen LogP contribution in [0.4, 0.5) is 5.69 Å². The van der Waals surface area contributed by atoms with E-state index >= 15 is 0 Å². The van der Waals surface area contributed by atoms with E-state index in [1.807, 2.05) is 19.1 Å². The molecule has 1 aliphatic heterocycles. The van der Waals surface area contributed by atoms with E-state index in [0.717, 1.165) is 12.1 Å². The van der Waals surface area contributed by atoms with Crippen molar-refractivity contribution in [1.82, 2.24) is 0 Å². The Balaban J connectivity index is 0.00000220. The first-order chi connectivity index (χ1) is 9.61. The quantitative estimate of drug-likeness (QED) is 0.449. The zero-order valence-electron chi connectivity index (χ0n) is 12.6. The summed E-state index contributed by atoms with van der Waals surface area (Å²) in [4.78, 5) is 4.31.